The summed E-state index contributed by atoms with van der Waals surface area (Å²) in [6.45, 7) is 0.736. The van der Waals surface area contributed by atoms with E-state index in [1.54, 1.807) is 11.1 Å². The van der Waals surface area contributed by atoms with Crippen molar-refractivity contribution in [1.29, 1.82) is 0 Å². The van der Waals surface area contributed by atoms with Crippen molar-refractivity contribution >= 4 is 16.7 Å². The van der Waals surface area contributed by atoms with Crippen LogP contribution < -0.4 is 15.2 Å². The topological polar surface area (TPSA) is 78.1 Å². The molecule has 0 spiro atoms. The number of hydrogen-bond acceptors (Lipinski definition) is 6. The molecular weight excluding hydrogens is 499 g/mol. The predicted molar refractivity (Wildman–Crippen MR) is 122 cm³/mol. The lowest BCUT2D eigenvalue weighted by atomic mass is 10.1. The molecular formula is C24H19F5N6O2. The van der Waals surface area contributed by atoms with Gasteiger partial charge in [0.1, 0.15) is 34.8 Å². The first kappa shape index (κ1) is 23.4. The van der Waals surface area contributed by atoms with Crippen LogP contribution in [0.4, 0.5) is 27.8 Å². The minimum atomic E-state index is -4.94. The van der Waals surface area contributed by atoms with Crippen LogP contribution in [0, 0.1) is 11.6 Å². The van der Waals surface area contributed by atoms with Gasteiger partial charge < -0.3 is 9.64 Å². The molecule has 0 N–H and O–H groups in total. The first-order chi connectivity index (χ1) is 17.6. The van der Waals surface area contributed by atoms with Gasteiger partial charge in [-0.05, 0) is 31.0 Å². The number of hydrogen-bond donors (Lipinski definition) is 0. The molecule has 2 fully saturated rings. The van der Waals surface area contributed by atoms with Crippen LogP contribution in [0.25, 0.3) is 22.2 Å². The average molecular weight is 518 g/mol. The molecule has 4 aromatic rings. The highest BCUT2D eigenvalue weighted by atomic mass is 19.4. The number of anilines is 1. The summed E-state index contributed by atoms with van der Waals surface area (Å²) in [6.07, 6.45) is 0.489. The average Bonchev–Trinajstić information content (AvgIpc) is 3.55. The van der Waals surface area contributed by atoms with Gasteiger partial charge >= 0.3 is 6.18 Å². The van der Waals surface area contributed by atoms with Crippen LogP contribution in [0.15, 0.2) is 41.5 Å². The second kappa shape index (κ2) is 8.25. The third-order valence-electron chi connectivity index (χ3n) is 6.46. The highest BCUT2D eigenvalue weighted by molar-refractivity contribution is 5.93. The molecule has 1 aromatic carbocycles. The Balaban J connectivity index is 1.38. The van der Waals surface area contributed by atoms with Crippen molar-refractivity contribution in [3.8, 4) is 17.0 Å². The molecule has 3 aromatic heterocycles. The van der Waals surface area contributed by atoms with Crippen LogP contribution in [-0.4, -0.2) is 43.5 Å². The Morgan fingerprint density at radius 3 is 2.51 bits per heavy atom. The van der Waals surface area contributed by atoms with Crippen molar-refractivity contribution in [2.75, 3.05) is 18.0 Å². The first-order valence-corrected chi connectivity index (χ1v) is 11.5. The van der Waals surface area contributed by atoms with Gasteiger partial charge in [0.05, 0.1) is 36.9 Å². The summed E-state index contributed by atoms with van der Waals surface area (Å²) >= 11 is 0. The van der Waals surface area contributed by atoms with Crippen molar-refractivity contribution < 1.29 is 26.7 Å². The number of nitrogens with zero attached hydrogens (tertiary/aromatic N) is 6. The number of fused-ring (bicyclic) bond motifs is 1. The van der Waals surface area contributed by atoms with Gasteiger partial charge in [-0.2, -0.15) is 18.3 Å². The van der Waals surface area contributed by atoms with Crippen LogP contribution in [0.1, 0.15) is 24.7 Å². The Labute approximate surface area is 205 Å². The summed E-state index contributed by atoms with van der Waals surface area (Å²) < 4.78 is 77.2. The number of pyridine rings is 1. The highest BCUT2D eigenvalue weighted by Gasteiger charge is 2.38. The fraction of sp³-hybridized carbons (Fsp3) is 0.333. The summed E-state index contributed by atoms with van der Waals surface area (Å²) in [6, 6.07) is 4.35. The van der Waals surface area contributed by atoms with Crippen molar-refractivity contribution in [3.63, 3.8) is 0 Å². The summed E-state index contributed by atoms with van der Waals surface area (Å²) in [4.78, 5) is 22.7. The zero-order chi connectivity index (χ0) is 26.1. The third-order valence-corrected chi connectivity index (χ3v) is 6.46. The monoisotopic (exact) mass is 518 g/mol. The van der Waals surface area contributed by atoms with Crippen molar-refractivity contribution in [1.82, 2.24) is 24.3 Å². The van der Waals surface area contributed by atoms with E-state index in [0.29, 0.717) is 35.5 Å². The first-order valence-electron chi connectivity index (χ1n) is 11.5. The smallest absolute Gasteiger partial charge is 0.449 e. The summed E-state index contributed by atoms with van der Waals surface area (Å²) in [5.74, 6) is -2.51. The molecule has 1 aliphatic carbocycles. The Morgan fingerprint density at radius 2 is 1.84 bits per heavy atom. The van der Waals surface area contributed by atoms with Gasteiger partial charge in [0.15, 0.2) is 5.75 Å². The predicted octanol–water partition coefficient (Wildman–Crippen LogP) is 4.09. The van der Waals surface area contributed by atoms with Crippen molar-refractivity contribution in [3.05, 3.63) is 64.5 Å². The lowest BCUT2D eigenvalue weighted by Gasteiger charge is -2.39. The fourth-order valence-corrected chi connectivity index (χ4v) is 4.36. The van der Waals surface area contributed by atoms with Crippen molar-refractivity contribution in [2.45, 2.75) is 31.2 Å². The maximum atomic E-state index is 14.7. The quantitative estimate of drug-likeness (QED) is 0.371. The van der Waals surface area contributed by atoms with E-state index in [1.165, 1.54) is 6.07 Å². The highest BCUT2D eigenvalue weighted by Crippen LogP contribution is 2.36. The zero-order valence-electron chi connectivity index (χ0n) is 19.3. The lowest BCUT2D eigenvalue weighted by Crippen LogP contribution is -2.54. The number of aromatic nitrogens is 5. The molecule has 6 rings (SSSR count). The number of ether oxygens (including phenoxy) is 1. The molecule has 0 amide bonds. The van der Waals surface area contributed by atoms with Crippen LogP contribution in [0.3, 0.4) is 0 Å². The SMILES string of the molecule is Cn1c(C(F)(F)F)nc2c(-c3ccc(F)cc3F)nc(N3CC(Oc4cnn(C5CC5)c4)C3)cc2c1=O. The van der Waals surface area contributed by atoms with E-state index in [-0.39, 0.29) is 28.6 Å². The third kappa shape index (κ3) is 4.17. The maximum absolute atomic E-state index is 14.7. The molecule has 1 saturated carbocycles. The fourth-order valence-electron chi connectivity index (χ4n) is 4.36. The molecule has 0 radical (unpaired) electrons. The summed E-state index contributed by atoms with van der Waals surface area (Å²) in [5.41, 5.74) is -1.96. The molecule has 2 aliphatic rings. The van der Waals surface area contributed by atoms with E-state index in [1.807, 2.05) is 10.9 Å². The van der Waals surface area contributed by atoms with Crippen LogP contribution in [-0.2, 0) is 13.2 Å². The van der Waals surface area contributed by atoms with E-state index in [0.717, 1.165) is 32.0 Å². The van der Waals surface area contributed by atoms with E-state index in [9.17, 15) is 26.7 Å². The molecule has 4 heterocycles. The van der Waals surface area contributed by atoms with E-state index in [4.69, 9.17) is 4.74 Å². The standard InChI is InChI=1S/C24H19F5N6O2/c1-33-22(36)17-7-19(34-9-15(10-34)37-14-8-30-35(11-14)13-3-4-13)31-20(16-5-2-12(25)6-18(16)26)21(17)32-23(33)24(27,28)29/h2,5-8,11,13,15H,3-4,9-10H2,1H3. The second-order valence-corrected chi connectivity index (χ2v) is 9.18. The van der Waals surface area contributed by atoms with Gasteiger partial charge in [0.2, 0.25) is 5.82 Å². The maximum Gasteiger partial charge on any atom is 0.449 e. The van der Waals surface area contributed by atoms with Crippen LogP contribution >= 0.6 is 0 Å². The van der Waals surface area contributed by atoms with Gasteiger partial charge in [-0.15, -0.1) is 0 Å². The van der Waals surface area contributed by atoms with Crippen LogP contribution in [0.2, 0.25) is 0 Å². The van der Waals surface area contributed by atoms with Gasteiger partial charge in [-0.1, -0.05) is 0 Å². The molecule has 37 heavy (non-hydrogen) atoms. The molecule has 0 unspecified atom stereocenters. The zero-order valence-corrected chi connectivity index (χ0v) is 19.3. The molecule has 0 atom stereocenters. The summed E-state index contributed by atoms with van der Waals surface area (Å²) in [7, 11) is 0.963. The molecule has 0 bridgehead atoms. The Morgan fingerprint density at radius 1 is 1.08 bits per heavy atom. The molecule has 192 valence electrons. The van der Waals surface area contributed by atoms with Gasteiger partial charge in [0.25, 0.3) is 5.56 Å². The minimum Gasteiger partial charge on any atom is -0.483 e. The summed E-state index contributed by atoms with van der Waals surface area (Å²) in [5, 5.41) is 4.11. The van der Waals surface area contributed by atoms with E-state index in [2.05, 4.69) is 15.1 Å². The Hall–Kier alpha value is -4.03. The van der Waals surface area contributed by atoms with E-state index < -0.39 is 34.7 Å². The van der Waals surface area contributed by atoms with Gasteiger partial charge in [-0.3, -0.25) is 14.0 Å². The molecule has 1 saturated heterocycles. The lowest BCUT2D eigenvalue weighted by molar-refractivity contribution is -0.147. The van der Waals surface area contributed by atoms with Gasteiger partial charge in [-0.25, -0.2) is 18.7 Å². The van der Waals surface area contributed by atoms with Crippen LogP contribution in [0.5, 0.6) is 5.75 Å². The second-order valence-electron chi connectivity index (χ2n) is 9.18. The largest absolute Gasteiger partial charge is 0.483 e. The molecule has 1 aliphatic heterocycles. The van der Waals surface area contributed by atoms with Gasteiger partial charge in [0, 0.05) is 18.7 Å². The Kier molecular flexibility index (Phi) is 5.21. The van der Waals surface area contributed by atoms with E-state index >= 15 is 0 Å². The minimum absolute atomic E-state index is 0.172. The molecule has 8 nitrogen and oxygen atoms in total. The number of alkyl halides is 3. The van der Waals surface area contributed by atoms with Crippen molar-refractivity contribution in [2.24, 2.45) is 7.05 Å². The Bertz CT molecular complexity index is 1590. The number of rotatable bonds is 5. The normalized spacial score (nSPS) is 16.3. The number of benzene rings is 1. The number of halogens is 5. The molecule has 13 heteroatoms.